The summed E-state index contributed by atoms with van der Waals surface area (Å²) in [6.45, 7) is 4.21. The van der Waals surface area contributed by atoms with Crippen molar-refractivity contribution in [3.05, 3.63) is 23.9 Å². The van der Waals surface area contributed by atoms with Crippen LogP contribution < -0.4 is 4.90 Å². The summed E-state index contributed by atoms with van der Waals surface area (Å²) < 4.78 is 5.62. The maximum atomic E-state index is 11.2. The highest BCUT2D eigenvalue weighted by atomic mass is 16.5. The first-order valence-corrected chi connectivity index (χ1v) is 6.27. The van der Waals surface area contributed by atoms with Gasteiger partial charge in [-0.25, -0.2) is 9.78 Å². The topological polar surface area (TPSA) is 62.7 Å². The van der Waals surface area contributed by atoms with Crippen LogP contribution in [0.3, 0.4) is 0 Å². The van der Waals surface area contributed by atoms with Crippen LogP contribution in [0, 0.1) is 0 Å². The summed E-state index contributed by atoms with van der Waals surface area (Å²) >= 11 is 0. The van der Waals surface area contributed by atoms with Crippen LogP contribution >= 0.6 is 0 Å². The standard InChI is InChI=1S/C13H18N2O3/c1-2-18-10-5-4-8-15(9-10)12-11(13(16)17)6-3-7-14-12/h3,6-7,10H,2,4-5,8-9H2,1H3,(H,16,17). The molecule has 18 heavy (non-hydrogen) atoms. The van der Waals surface area contributed by atoms with Crippen molar-refractivity contribution in [3.8, 4) is 0 Å². The number of rotatable bonds is 4. The van der Waals surface area contributed by atoms with E-state index in [2.05, 4.69) is 4.98 Å². The van der Waals surface area contributed by atoms with Crippen LogP contribution in [0.1, 0.15) is 30.1 Å². The van der Waals surface area contributed by atoms with E-state index in [1.165, 1.54) is 0 Å². The normalized spacial score (nSPS) is 19.8. The summed E-state index contributed by atoms with van der Waals surface area (Å²) in [7, 11) is 0. The number of ether oxygens (including phenoxy) is 1. The second-order valence-electron chi connectivity index (χ2n) is 4.35. The Hall–Kier alpha value is -1.62. The summed E-state index contributed by atoms with van der Waals surface area (Å²) in [5, 5.41) is 9.17. The highest BCUT2D eigenvalue weighted by molar-refractivity contribution is 5.93. The molecular formula is C13H18N2O3. The Balaban J connectivity index is 2.18. The van der Waals surface area contributed by atoms with Crippen molar-refractivity contribution in [3.63, 3.8) is 0 Å². The molecule has 0 bridgehead atoms. The first kappa shape index (κ1) is 12.8. The Bertz CT molecular complexity index is 420. The third-order valence-electron chi connectivity index (χ3n) is 3.10. The summed E-state index contributed by atoms with van der Waals surface area (Å²) in [6.07, 6.45) is 3.83. The number of carboxylic acids is 1. The van der Waals surface area contributed by atoms with Crippen LogP contribution in [-0.2, 0) is 4.74 Å². The van der Waals surface area contributed by atoms with Gasteiger partial charge in [-0.1, -0.05) is 0 Å². The third kappa shape index (κ3) is 2.79. The van der Waals surface area contributed by atoms with E-state index >= 15 is 0 Å². The first-order valence-electron chi connectivity index (χ1n) is 6.27. The number of hydrogen-bond donors (Lipinski definition) is 1. The minimum absolute atomic E-state index is 0.174. The summed E-state index contributed by atoms with van der Waals surface area (Å²) in [6, 6.07) is 3.24. The van der Waals surface area contributed by atoms with Crippen molar-refractivity contribution in [1.29, 1.82) is 0 Å². The molecule has 0 radical (unpaired) electrons. The van der Waals surface area contributed by atoms with Gasteiger partial charge in [0.25, 0.3) is 0 Å². The fourth-order valence-corrected chi connectivity index (χ4v) is 2.32. The maximum Gasteiger partial charge on any atom is 0.339 e. The lowest BCUT2D eigenvalue weighted by atomic mass is 10.1. The Morgan fingerprint density at radius 2 is 2.50 bits per heavy atom. The largest absolute Gasteiger partial charge is 0.478 e. The van der Waals surface area contributed by atoms with Gasteiger partial charge in [0.05, 0.1) is 6.10 Å². The fourth-order valence-electron chi connectivity index (χ4n) is 2.32. The molecule has 1 aliphatic heterocycles. The van der Waals surface area contributed by atoms with E-state index in [-0.39, 0.29) is 11.7 Å². The molecule has 0 aromatic carbocycles. The number of aromatic nitrogens is 1. The van der Waals surface area contributed by atoms with E-state index in [0.717, 1.165) is 19.4 Å². The molecule has 0 spiro atoms. The fraction of sp³-hybridized carbons (Fsp3) is 0.538. The molecule has 0 aliphatic carbocycles. The van der Waals surface area contributed by atoms with Crippen LogP contribution in [0.4, 0.5) is 5.82 Å². The van der Waals surface area contributed by atoms with Crippen LogP contribution in [0.2, 0.25) is 0 Å². The molecule has 1 aliphatic rings. The molecule has 5 heteroatoms. The molecule has 1 N–H and O–H groups in total. The van der Waals surface area contributed by atoms with Crippen molar-refractivity contribution in [2.45, 2.75) is 25.9 Å². The minimum atomic E-state index is -0.934. The predicted molar refractivity (Wildman–Crippen MR) is 68.1 cm³/mol. The van der Waals surface area contributed by atoms with Crippen molar-refractivity contribution >= 4 is 11.8 Å². The van der Waals surface area contributed by atoms with E-state index in [1.54, 1.807) is 18.3 Å². The van der Waals surface area contributed by atoms with Gasteiger partial charge >= 0.3 is 5.97 Å². The van der Waals surface area contributed by atoms with Gasteiger partial charge in [-0.2, -0.15) is 0 Å². The van der Waals surface area contributed by atoms with Gasteiger partial charge in [0.15, 0.2) is 0 Å². The van der Waals surface area contributed by atoms with E-state index in [4.69, 9.17) is 9.84 Å². The van der Waals surface area contributed by atoms with Gasteiger partial charge < -0.3 is 14.7 Å². The monoisotopic (exact) mass is 250 g/mol. The molecule has 98 valence electrons. The molecule has 0 saturated carbocycles. The number of aromatic carboxylic acids is 1. The predicted octanol–water partition coefficient (Wildman–Crippen LogP) is 1.79. The number of hydrogen-bond acceptors (Lipinski definition) is 4. The molecule has 2 heterocycles. The van der Waals surface area contributed by atoms with Gasteiger partial charge in [-0.3, -0.25) is 0 Å². The SMILES string of the molecule is CCOC1CCCN(c2ncccc2C(=O)O)C1. The Kier molecular flexibility index (Phi) is 4.15. The van der Waals surface area contributed by atoms with Crippen molar-refractivity contribution in [1.82, 2.24) is 4.98 Å². The van der Waals surface area contributed by atoms with Gasteiger partial charge in [0.1, 0.15) is 11.4 Å². The van der Waals surface area contributed by atoms with Gasteiger partial charge in [0.2, 0.25) is 0 Å². The quantitative estimate of drug-likeness (QED) is 0.882. The van der Waals surface area contributed by atoms with Crippen molar-refractivity contribution in [2.24, 2.45) is 0 Å². The minimum Gasteiger partial charge on any atom is -0.478 e. The number of pyridine rings is 1. The van der Waals surface area contributed by atoms with E-state index in [0.29, 0.717) is 19.0 Å². The number of carboxylic acid groups (broad SMARTS) is 1. The maximum absolute atomic E-state index is 11.2. The third-order valence-corrected chi connectivity index (χ3v) is 3.10. The Morgan fingerprint density at radius 1 is 1.67 bits per heavy atom. The number of anilines is 1. The zero-order valence-corrected chi connectivity index (χ0v) is 10.5. The highest BCUT2D eigenvalue weighted by Gasteiger charge is 2.24. The molecule has 1 aromatic rings. The van der Waals surface area contributed by atoms with E-state index < -0.39 is 5.97 Å². The lowest BCUT2D eigenvalue weighted by Gasteiger charge is -2.33. The Labute approximate surface area is 106 Å². The van der Waals surface area contributed by atoms with Crippen LogP contribution in [0.25, 0.3) is 0 Å². The lowest BCUT2D eigenvalue weighted by Crippen LogP contribution is -2.40. The van der Waals surface area contributed by atoms with Crippen LogP contribution in [-0.4, -0.2) is 41.9 Å². The van der Waals surface area contributed by atoms with E-state index in [1.807, 2.05) is 11.8 Å². The van der Waals surface area contributed by atoms with Crippen LogP contribution in [0.5, 0.6) is 0 Å². The smallest absolute Gasteiger partial charge is 0.339 e. The number of nitrogens with zero attached hydrogens (tertiary/aromatic N) is 2. The molecular weight excluding hydrogens is 232 g/mol. The van der Waals surface area contributed by atoms with Gasteiger partial charge in [0, 0.05) is 25.9 Å². The average molecular weight is 250 g/mol. The zero-order valence-electron chi connectivity index (χ0n) is 10.5. The molecule has 0 amide bonds. The number of carbonyl (C=O) groups is 1. The molecule has 1 aromatic heterocycles. The van der Waals surface area contributed by atoms with Crippen molar-refractivity contribution < 1.29 is 14.6 Å². The first-order chi connectivity index (χ1) is 8.72. The highest BCUT2D eigenvalue weighted by Crippen LogP contribution is 2.22. The van der Waals surface area contributed by atoms with Gasteiger partial charge in [-0.05, 0) is 31.9 Å². The summed E-state index contributed by atoms with van der Waals surface area (Å²) in [4.78, 5) is 17.4. The molecule has 1 unspecified atom stereocenters. The molecule has 1 saturated heterocycles. The average Bonchev–Trinajstić information content (AvgIpc) is 2.39. The number of piperidine rings is 1. The zero-order chi connectivity index (χ0) is 13.0. The second kappa shape index (κ2) is 5.82. The summed E-state index contributed by atoms with van der Waals surface area (Å²) in [5.74, 6) is -0.383. The van der Waals surface area contributed by atoms with Crippen LogP contribution in [0.15, 0.2) is 18.3 Å². The van der Waals surface area contributed by atoms with Gasteiger partial charge in [-0.15, -0.1) is 0 Å². The molecule has 5 nitrogen and oxygen atoms in total. The lowest BCUT2D eigenvalue weighted by molar-refractivity contribution is 0.0522. The molecule has 1 atom stereocenters. The molecule has 1 fully saturated rings. The van der Waals surface area contributed by atoms with Crippen molar-refractivity contribution in [2.75, 3.05) is 24.6 Å². The summed E-state index contributed by atoms with van der Waals surface area (Å²) in [5.41, 5.74) is 0.259. The van der Waals surface area contributed by atoms with E-state index in [9.17, 15) is 4.79 Å². The Morgan fingerprint density at radius 3 is 3.22 bits per heavy atom. The second-order valence-corrected chi connectivity index (χ2v) is 4.35. The molecule has 2 rings (SSSR count).